The highest BCUT2D eigenvalue weighted by Gasteiger charge is 2.22. The Hall–Kier alpha value is -2.07. The molecule has 0 aliphatic carbocycles. The van der Waals surface area contributed by atoms with Crippen molar-refractivity contribution in [1.82, 2.24) is 9.47 Å². The van der Waals surface area contributed by atoms with Gasteiger partial charge in [0.2, 0.25) is 0 Å². The number of carbonyl (C=O) groups is 1. The van der Waals surface area contributed by atoms with Gasteiger partial charge >= 0.3 is 0 Å². The molecule has 1 amide bonds. The summed E-state index contributed by atoms with van der Waals surface area (Å²) in [6.07, 6.45) is 3.09. The molecular formula is C19H17BrN2O. The van der Waals surface area contributed by atoms with E-state index in [0.717, 1.165) is 23.0 Å². The molecule has 1 aromatic heterocycles. The number of aryl methyl sites for hydroxylation is 1. The van der Waals surface area contributed by atoms with Crippen LogP contribution in [0.15, 0.2) is 53.1 Å². The Labute approximate surface area is 143 Å². The molecule has 3 aromatic rings. The van der Waals surface area contributed by atoms with E-state index >= 15 is 0 Å². The fraction of sp³-hybridized carbons (Fsp3) is 0.211. The molecule has 4 rings (SSSR count). The van der Waals surface area contributed by atoms with Crippen LogP contribution in [0.2, 0.25) is 0 Å². The van der Waals surface area contributed by atoms with Gasteiger partial charge in [0.25, 0.3) is 5.91 Å². The van der Waals surface area contributed by atoms with Crippen molar-refractivity contribution in [3.05, 3.63) is 69.8 Å². The molecule has 1 aliphatic rings. The van der Waals surface area contributed by atoms with Crippen LogP contribution in [0.25, 0.3) is 10.9 Å². The van der Waals surface area contributed by atoms with Gasteiger partial charge in [0.15, 0.2) is 0 Å². The second kappa shape index (κ2) is 5.53. The minimum Gasteiger partial charge on any atom is -0.350 e. The molecular weight excluding hydrogens is 352 g/mol. The molecule has 0 unspecified atom stereocenters. The van der Waals surface area contributed by atoms with E-state index < -0.39 is 0 Å². The number of halogens is 1. The Kier molecular flexibility index (Phi) is 3.49. The van der Waals surface area contributed by atoms with E-state index in [0.29, 0.717) is 6.54 Å². The molecule has 0 fully saturated rings. The quantitative estimate of drug-likeness (QED) is 0.633. The second-order valence-corrected chi connectivity index (χ2v) is 6.98. The summed E-state index contributed by atoms with van der Waals surface area (Å²) in [5.74, 6) is 0.0952. The summed E-state index contributed by atoms with van der Waals surface area (Å²) >= 11 is 3.45. The van der Waals surface area contributed by atoms with Crippen LogP contribution in [0.3, 0.4) is 0 Å². The van der Waals surface area contributed by atoms with E-state index in [2.05, 4.69) is 51.9 Å². The van der Waals surface area contributed by atoms with E-state index in [9.17, 15) is 4.79 Å². The molecule has 4 heteroatoms. The van der Waals surface area contributed by atoms with Gasteiger partial charge in [-0.3, -0.25) is 4.79 Å². The molecule has 2 heterocycles. The summed E-state index contributed by atoms with van der Waals surface area (Å²) in [4.78, 5) is 14.8. The number of rotatable bonds is 1. The van der Waals surface area contributed by atoms with Crippen molar-refractivity contribution in [1.29, 1.82) is 0 Å². The first kappa shape index (κ1) is 14.5. The standard InChI is InChI=1S/C19H17BrN2O/c1-21-11-15-8-9-22(12-14-5-3-7-17(21)18(14)15)19(23)13-4-2-6-16(20)10-13/h2-7,10-11H,8-9,12H2,1H3. The molecule has 3 nitrogen and oxygen atoms in total. The summed E-state index contributed by atoms with van der Waals surface area (Å²) in [5.41, 5.74) is 4.55. The largest absolute Gasteiger partial charge is 0.350 e. The SMILES string of the molecule is Cn1cc2c3c(cccc31)CN(C(=O)c1cccc(Br)c1)CC2. The molecule has 23 heavy (non-hydrogen) atoms. The Morgan fingerprint density at radius 2 is 1.96 bits per heavy atom. The highest BCUT2D eigenvalue weighted by Crippen LogP contribution is 2.29. The highest BCUT2D eigenvalue weighted by atomic mass is 79.9. The number of carbonyl (C=O) groups excluding carboxylic acids is 1. The van der Waals surface area contributed by atoms with Crippen LogP contribution in [-0.4, -0.2) is 21.9 Å². The zero-order valence-electron chi connectivity index (χ0n) is 12.9. The van der Waals surface area contributed by atoms with Gasteiger partial charge in [-0.05, 0) is 41.8 Å². The summed E-state index contributed by atoms with van der Waals surface area (Å²) in [7, 11) is 2.08. The maximum absolute atomic E-state index is 12.9. The Morgan fingerprint density at radius 3 is 2.78 bits per heavy atom. The minimum atomic E-state index is 0.0952. The summed E-state index contributed by atoms with van der Waals surface area (Å²) in [6.45, 7) is 1.42. The Bertz CT molecular complexity index is 913. The lowest BCUT2D eigenvalue weighted by Crippen LogP contribution is -2.31. The predicted molar refractivity (Wildman–Crippen MR) is 95.5 cm³/mol. The van der Waals surface area contributed by atoms with Gasteiger partial charge in [-0.1, -0.05) is 34.1 Å². The lowest BCUT2D eigenvalue weighted by Gasteiger charge is -2.21. The summed E-state index contributed by atoms with van der Waals surface area (Å²) < 4.78 is 3.11. The molecule has 0 N–H and O–H groups in total. The van der Waals surface area contributed by atoms with Crippen LogP contribution >= 0.6 is 15.9 Å². The number of hydrogen-bond donors (Lipinski definition) is 0. The molecule has 2 aromatic carbocycles. The monoisotopic (exact) mass is 368 g/mol. The smallest absolute Gasteiger partial charge is 0.254 e. The minimum absolute atomic E-state index is 0.0952. The van der Waals surface area contributed by atoms with Gasteiger partial charge in [-0.15, -0.1) is 0 Å². The zero-order valence-corrected chi connectivity index (χ0v) is 14.5. The van der Waals surface area contributed by atoms with Crippen LogP contribution in [0.5, 0.6) is 0 Å². The second-order valence-electron chi connectivity index (χ2n) is 6.06. The van der Waals surface area contributed by atoms with Crippen molar-refractivity contribution in [3.63, 3.8) is 0 Å². The van der Waals surface area contributed by atoms with E-state index in [1.165, 1.54) is 22.0 Å². The molecule has 0 saturated carbocycles. The molecule has 0 spiro atoms. The van der Waals surface area contributed by atoms with Gasteiger partial charge in [0.05, 0.1) is 0 Å². The Morgan fingerprint density at radius 1 is 1.13 bits per heavy atom. The number of nitrogens with zero attached hydrogens (tertiary/aromatic N) is 2. The lowest BCUT2D eigenvalue weighted by molar-refractivity contribution is 0.0747. The van der Waals surface area contributed by atoms with Crippen LogP contribution < -0.4 is 0 Å². The van der Waals surface area contributed by atoms with Gasteiger partial charge < -0.3 is 9.47 Å². The number of hydrogen-bond acceptors (Lipinski definition) is 1. The number of benzene rings is 2. The summed E-state index contributed by atoms with van der Waals surface area (Å²) in [6, 6.07) is 14.0. The highest BCUT2D eigenvalue weighted by molar-refractivity contribution is 9.10. The molecule has 0 saturated heterocycles. The fourth-order valence-electron chi connectivity index (χ4n) is 3.46. The van der Waals surface area contributed by atoms with E-state index in [1.807, 2.05) is 29.2 Å². The van der Waals surface area contributed by atoms with Gasteiger partial charge in [-0.25, -0.2) is 0 Å². The van der Waals surface area contributed by atoms with Crippen LogP contribution in [0.4, 0.5) is 0 Å². The van der Waals surface area contributed by atoms with Crippen molar-refractivity contribution in [2.45, 2.75) is 13.0 Å². The van der Waals surface area contributed by atoms with Crippen molar-refractivity contribution in [3.8, 4) is 0 Å². The zero-order chi connectivity index (χ0) is 16.0. The van der Waals surface area contributed by atoms with Crippen LogP contribution in [0.1, 0.15) is 21.5 Å². The lowest BCUT2D eigenvalue weighted by atomic mass is 10.1. The van der Waals surface area contributed by atoms with Crippen molar-refractivity contribution < 1.29 is 4.79 Å². The topological polar surface area (TPSA) is 25.2 Å². The van der Waals surface area contributed by atoms with E-state index in [1.54, 1.807) is 0 Å². The van der Waals surface area contributed by atoms with Crippen molar-refractivity contribution in [2.75, 3.05) is 6.54 Å². The fourth-order valence-corrected chi connectivity index (χ4v) is 3.86. The molecule has 0 atom stereocenters. The molecule has 1 aliphatic heterocycles. The first-order chi connectivity index (χ1) is 11.1. The molecule has 0 radical (unpaired) electrons. The van der Waals surface area contributed by atoms with Gasteiger partial charge in [-0.2, -0.15) is 0 Å². The number of amides is 1. The first-order valence-electron chi connectivity index (χ1n) is 7.74. The average Bonchev–Trinajstić information content (AvgIpc) is 2.76. The third-order valence-electron chi connectivity index (χ3n) is 4.55. The number of aromatic nitrogens is 1. The van der Waals surface area contributed by atoms with Crippen molar-refractivity contribution in [2.24, 2.45) is 7.05 Å². The Balaban J connectivity index is 1.72. The third-order valence-corrected chi connectivity index (χ3v) is 5.04. The maximum Gasteiger partial charge on any atom is 0.254 e. The predicted octanol–water partition coefficient (Wildman–Crippen LogP) is 4.14. The van der Waals surface area contributed by atoms with Gasteiger partial charge in [0, 0.05) is 47.3 Å². The third kappa shape index (κ3) is 2.47. The van der Waals surface area contributed by atoms with Crippen molar-refractivity contribution >= 4 is 32.7 Å². The van der Waals surface area contributed by atoms with Crippen LogP contribution in [0, 0.1) is 0 Å². The molecule has 0 bridgehead atoms. The normalized spacial score (nSPS) is 14.1. The van der Waals surface area contributed by atoms with Gasteiger partial charge in [0.1, 0.15) is 0 Å². The maximum atomic E-state index is 12.9. The molecule has 116 valence electrons. The summed E-state index contributed by atoms with van der Waals surface area (Å²) in [5, 5.41) is 1.32. The van der Waals surface area contributed by atoms with E-state index in [-0.39, 0.29) is 5.91 Å². The first-order valence-corrected chi connectivity index (χ1v) is 8.53. The van der Waals surface area contributed by atoms with E-state index in [4.69, 9.17) is 0 Å². The average molecular weight is 369 g/mol. The van der Waals surface area contributed by atoms with Crippen LogP contribution in [-0.2, 0) is 20.0 Å².